The second-order valence-electron chi connectivity index (χ2n) is 8.02. The first kappa shape index (κ1) is 20.6. The van der Waals surface area contributed by atoms with Crippen LogP contribution in [0.4, 0.5) is 0 Å². The predicted octanol–water partition coefficient (Wildman–Crippen LogP) is 7.01. The van der Waals surface area contributed by atoms with Crippen molar-refractivity contribution in [3.63, 3.8) is 0 Å². The third-order valence-corrected chi connectivity index (χ3v) is 4.65. The molecule has 3 aromatic rings. The Bertz CT molecular complexity index is 976. The van der Waals surface area contributed by atoms with E-state index in [9.17, 15) is 4.79 Å². The van der Waals surface area contributed by atoms with Crippen LogP contribution >= 0.6 is 0 Å². The summed E-state index contributed by atoms with van der Waals surface area (Å²) in [5, 5.41) is 0. The van der Waals surface area contributed by atoms with Crippen LogP contribution in [0.15, 0.2) is 84.9 Å². The van der Waals surface area contributed by atoms with Gasteiger partial charge >= 0.3 is 5.97 Å². The first-order chi connectivity index (χ1) is 13.9. The van der Waals surface area contributed by atoms with Crippen LogP contribution in [-0.4, -0.2) is 11.6 Å². The first-order valence-electron chi connectivity index (χ1n) is 10.1. The minimum atomic E-state index is -0.506. The van der Waals surface area contributed by atoms with Crippen molar-refractivity contribution < 1.29 is 9.53 Å². The number of carbonyl (C=O) groups excluding carboxylic acids is 1. The summed E-state index contributed by atoms with van der Waals surface area (Å²) >= 11 is 0. The van der Waals surface area contributed by atoms with E-state index in [4.69, 9.17) is 4.74 Å². The van der Waals surface area contributed by atoms with Gasteiger partial charge in [-0.3, -0.25) is 0 Å². The highest BCUT2D eigenvalue weighted by molar-refractivity contribution is 5.99. The van der Waals surface area contributed by atoms with Crippen molar-refractivity contribution in [1.82, 2.24) is 0 Å². The van der Waals surface area contributed by atoms with Crippen LogP contribution < -0.4 is 0 Å². The molecule has 0 amide bonds. The summed E-state index contributed by atoms with van der Waals surface area (Å²) in [6.07, 6.45) is 0.905. The van der Waals surface area contributed by atoms with Crippen LogP contribution in [0.3, 0.4) is 0 Å². The van der Waals surface area contributed by atoms with E-state index in [1.807, 2.05) is 57.2 Å². The molecule has 0 fully saturated rings. The molecule has 0 saturated heterocycles. The Kier molecular flexibility index (Phi) is 6.33. The number of benzene rings is 3. The summed E-state index contributed by atoms with van der Waals surface area (Å²) in [4.78, 5) is 12.4. The van der Waals surface area contributed by atoms with Crippen molar-refractivity contribution in [2.45, 2.75) is 39.7 Å². The van der Waals surface area contributed by atoms with Gasteiger partial charge in [-0.25, -0.2) is 4.79 Å². The largest absolute Gasteiger partial charge is 0.456 e. The summed E-state index contributed by atoms with van der Waals surface area (Å²) in [5.41, 5.74) is 5.99. The minimum Gasteiger partial charge on any atom is -0.456 e. The molecule has 0 radical (unpaired) electrons. The fourth-order valence-electron chi connectivity index (χ4n) is 3.39. The van der Waals surface area contributed by atoms with Gasteiger partial charge in [-0.2, -0.15) is 0 Å². The van der Waals surface area contributed by atoms with Gasteiger partial charge in [0, 0.05) is 0 Å². The average molecular weight is 385 g/mol. The van der Waals surface area contributed by atoms with Crippen molar-refractivity contribution in [3.8, 4) is 0 Å². The summed E-state index contributed by atoms with van der Waals surface area (Å²) in [7, 11) is 0. The molecule has 3 aromatic carbocycles. The molecule has 29 heavy (non-hydrogen) atoms. The van der Waals surface area contributed by atoms with Gasteiger partial charge in [0.2, 0.25) is 0 Å². The summed E-state index contributed by atoms with van der Waals surface area (Å²) < 4.78 is 5.50. The fourth-order valence-corrected chi connectivity index (χ4v) is 3.39. The quantitative estimate of drug-likeness (QED) is 0.349. The van der Waals surface area contributed by atoms with Crippen molar-refractivity contribution in [1.29, 1.82) is 0 Å². The maximum Gasteiger partial charge on any atom is 0.338 e. The zero-order valence-corrected chi connectivity index (χ0v) is 17.6. The van der Waals surface area contributed by atoms with Crippen LogP contribution in [0.2, 0.25) is 0 Å². The molecule has 0 aromatic heterocycles. The average Bonchev–Trinajstić information content (AvgIpc) is 2.72. The second-order valence-corrected chi connectivity index (χ2v) is 8.02. The fraction of sp³-hybridized carbons (Fsp3) is 0.222. The molecular formula is C27H28O2. The van der Waals surface area contributed by atoms with Gasteiger partial charge in [0.15, 0.2) is 0 Å². The zero-order chi connectivity index (χ0) is 20.9. The lowest BCUT2D eigenvalue weighted by Gasteiger charge is -2.20. The number of hydrogen-bond donors (Lipinski definition) is 0. The van der Waals surface area contributed by atoms with Crippen LogP contribution in [0.1, 0.15) is 61.2 Å². The predicted molar refractivity (Wildman–Crippen MR) is 121 cm³/mol. The van der Waals surface area contributed by atoms with Crippen LogP contribution in [0.25, 0.3) is 11.1 Å². The minimum absolute atomic E-state index is 0.298. The van der Waals surface area contributed by atoms with Gasteiger partial charge < -0.3 is 4.74 Å². The van der Waals surface area contributed by atoms with Crippen LogP contribution in [0, 0.1) is 0 Å². The summed E-state index contributed by atoms with van der Waals surface area (Å²) in [6.45, 7) is 7.81. The highest BCUT2D eigenvalue weighted by atomic mass is 16.6. The zero-order valence-electron chi connectivity index (χ0n) is 17.6. The molecule has 148 valence electrons. The lowest BCUT2D eigenvalue weighted by Crippen LogP contribution is -2.23. The highest BCUT2D eigenvalue weighted by Gasteiger charge is 2.18. The van der Waals surface area contributed by atoms with Crippen molar-refractivity contribution >= 4 is 17.1 Å². The van der Waals surface area contributed by atoms with Crippen molar-refractivity contribution in [2.24, 2.45) is 0 Å². The van der Waals surface area contributed by atoms with E-state index in [0.717, 1.165) is 12.0 Å². The molecule has 0 N–H and O–H groups in total. The molecule has 0 spiro atoms. The van der Waals surface area contributed by atoms with E-state index in [1.54, 1.807) is 0 Å². The molecule has 0 aliphatic heterocycles. The van der Waals surface area contributed by atoms with Gasteiger partial charge in [-0.1, -0.05) is 79.7 Å². The second kappa shape index (κ2) is 8.91. The number of ether oxygens (including phenoxy) is 1. The molecule has 0 saturated carbocycles. The van der Waals surface area contributed by atoms with Gasteiger partial charge in [-0.05, 0) is 67.2 Å². The van der Waals surface area contributed by atoms with E-state index in [1.165, 1.54) is 22.3 Å². The number of allylic oxidation sites excluding steroid dienone is 1. The molecule has 0 aliphatic rings. The number of rotatable bonds is 5. The van der Waals surface area contributed by atoms with Crippen LogP contribution in [0.5, 0.6) is 0 Å². The Morgan fingerprint density at radius 3 is 1.62 bits per heavy atom. The Hall–Kier alpha value is -3.13. The van der Waals surface area contributed by atoms with Gasteiger partial charge in [0.25, 0.3) is 0 Å². The van der Waals surface area contributed by atoms with E-state index in [2.05, 4.69) is 55.5 Å². The van der Waals surface area contributed by atoms with Crippen molar-refractivity contribution in [2.75, 3.05) is 0 Å². The number of hydrogen-bond acceptors (Lipinski definition) is 2. The van der Waals surface area contributed by atoms with Gasteiger partial charge in [-0.15, -0.1) is 0 Å². The molecular weight excluding hydrogens is 356 g/mol. The molecule has 0 heterocycles. The third kappa shape index (κ3) is 5.23. The lowest BCUT2D eigenvalue weighted by molar-refractivity contribution is 0.00695. The first-order valence-corrected chi connectivity index (χ1v) is 10.1. The van der Waals surface area contributed by atoms with Crippen molar-refractivity contribution in [3.05, 3.63) is 107 Å². The van der Waals surface area contributed by atoms with E-state index >= 15 is 0 Å². The monoisotopic (exact) mass is 384 g/mol. The maximum absolute atomic E-state index is 12.4. The standard InChI is InChI=1S/C27H28O2/c1-5-24(20-12-8-6-9-13-20)25(21-14-10-7-11-15-21)22-16-18-23(19-17-22)26(28)29-27(2,3)4/h6-19H,5H2,1-4H3/b25-24-. The Morgan fingerprint density at radius 2 is 1.14 bits per heavy atom. The van der Waals surface area contributed by atoms with Crippen LogP contribution in [-0.2, 0) is 4.74 Å². The topological polar surface area (TPSA) is 26.3 Å². The number of esters is 1. The van der Waals surface area contributed by atoms with Gasteiger partial charge in [0.05, 0.1) is 5.56 Å². The highest BCUT2D eigenvalue weighted by Crippen LogP contribution is 2.34. The molecule has 3 rings (SSSR count). The molecule has 2 nitrogen and oxygen atoms in total. The molecule has 2 heteroatoms. The SMILES string of the molecule is CC/C(=C(\c1ccccc1)c1ccc(C(=O)OC(C)(C)C)cc1)c1ccccc1. The van der Waals surface area contributed by atoms with E-state index < -0.39 is 5.60 Å². The molecule has 0 unspecified atom stereocenters. The molecule has 0 aliphatic carbocycles. The molecule has 0 bridgehead atoms. The number of carbonyl (C=O) groups is 1. The van der Waals surface area contributed by atoms with E-state index in [0.29, 0.717) is 5.56 Å². The summed E-state index contributed by atoms with van der Waals surface area (Å²) in [6, 6.07) is 28.6. The van der Waals surface area contributed by atoms with E-state index in [-0.39, 0.29) is 5.97 Å². The Morgan fingerprint density at radius 1 is 0.690 bits per heavy atom. The third-order valence-electron chi connectivity index (χ3n) is 4.65. The summed E-state index contributed by atoms with van der Waals surface area (Å²) in [5.74, 6) is -0.298. The Balaban J connectivity index is 2.09. The smallest absolute Gasteiger partial charge is 0.338 e. The molecule has 0 atom stereocenters. The van der Waals surface area contributed by atoms with Gasteiger partial charge in [0.1, 0.15) is 5.60 Å². The Labute approximate surface area is 173 Å². The normalized spacial score (nSPS) is 12.3. The maximum atomic E-state index is 12.4. The lowest BCUT2D eigenvalue weighted by atomic mass is 9.88.